The molecule has 0 aromatic heterocycles. The van der Waals surface area contributed by atoms with Crippen LogP contribution in [0.1, 0.15) is 61.1 Å². The summed E-state index contributed by atoms with van der Waals surface area (Å²) >= 11 is 0. The van der Waals surface area contributed by atoms with Crippen LogP contribution in [0.15, 0.2) is 72.8 Å². The Balaban J connectivity index is 1.70. The Hall–Kier alpha value is -3.30. The van der Waals surface area contributed by atoms with E-state index in [-0.39, 0.29) is 10.8 Å². The lowest BCUT2D eigenvalue weighted by Crippen LogP contribution is -2.24. The summed E-state index contributed by atoms with van der Waals surface area (Å²) in [6.45, 7) is 9.46. The Morgan fingerprint density at radius 1 is 0.533 bits per heavy atom. The van der Waals surface area contributed by atoms with E-state index in [1.165, 1.54) is 44.2 Å². The van der Waals surface area contributed by atoms with Gasteiger partial charge in [0, 0.05) is 22.0 Å². The monoisotopic (exact) mass is 384 g/mol. The number of benzene rings is 4. The average Bonchev–Trinajstić information content (AvgIpc) is 2.98. The van der Waals surface area contributed by atoms with Gasteiger partial charge in [-0.15, -0.1) is 0 Å². The second-order valence-corrected chi connectivity index (χ2v) is 9.70. The van der Waals surface area contributed by atoms with Crippen LogP contribution in [0.2, 0.25) is 0 Å². The summed E-state index contributed by atoms with van der Waals surface area (Å²) in [5.74, 6) is 6.83. The second kappa shape index (κ2) is 5.65. The lowest BCUT2D eigenvalue weighted by Gasteiger charge is -2.35. The van der Waals surface area contributed by atoms with Gasteiger partial charge in [0.15, 0.2) is 0 Å². The Morgan fingerprint density at radius 3 is 1.93 bits per heavy atom. The normalized spacial score (nSPS) is 16.3. The molecule has 0 saturated carbocycles. The zero-order chi connectivity index (χ0) is 20.7. The third-order valence-corrected chi connectivity index (χ3v) is 7.25. The molecule has 0 heteroatoms. The SMILES string of the molecule is CC1(C)c2cc(C#Cc3ccccc3)cc3c2-c2c1ccc1cccc(c21)C3(C)C. The number of rotatable bonds is 0. The molecule has 0 radical (unpaired) electrons. The fraction of sp³-hybridized carbons (Fsp3) is 0.200. The van der Waals surface area contributed by atoms with Crippen molar-refractivity contribution in [3.05, 3.63) is 106 Å². The van der Waals surface area contributed by atoms with Gasteiger partial charge in [0.25, 0.3) is 0 Å². The third kappa shape index (κ3) is 2.13. The van der Waals surface area contributed by atoms with Crippen molar-refractivity contribution in [3.63, 3.8) is 0 Å². The van der Waals surface area contributed by atoms with Gasteiger partial charge in [-0.25, -0.2) is 0 Å². The zero-order valence-electron chi connectivity index (χ0n) is 17.9. The Labute approximate surface area is 178 Å². The van der Waals surface area contributed by atoms with Crippen molar-refractivity contribution >= 4 is 10.8 Å². The van der Waals surface area contributed by atoms with E-state index in [2.05, 4.69) is 94.1 Å². The molecule has 4 aromatic rings. The van der Waals surface area contributed by atoms with Crippen molar-refractivity contribution in [1.82, 2.24) is 0 Å². The molecule has 0 bridgehead atoms. The van der Waals surface area contributed by atoms with E-state index in [0.29, 0.717) is 0 Å². The highest BCUT2D eigenvalue weighted by Crippen LogP contribution is 2.59. The topological polar surface area (TPSA) is 0 Å². The standard InChI is InChI=1S/C30H24/c1-29(2)22-12-8-11-21-15-16-23-28(26(21)22)27-24(29)17-20(18-25(27)30(23,3)4)14-13-19-9-6-5-7-10-19/h5-12,15-18H,1-4H3. The van der Waals surface area contributed by atoms with Crippen LogP contribution in [0.25, 0.3) is 21.9 Å². The minimum Gasteiger partial charge on any atom is -0.0622 e. The van der Waals surface area contributed by atoms with E-state index < -0.39 is 0 Å². The molecule has 0 saturated heterocycles. The summed E-state index contributed by atoms with van der Waals surface area (Å²) < 4.78 is 0. The summed E-state index contributed by atoms with van der Waals surface area (Å²) in [6.07, 6.45) is 0. The maximum absolute atomic E-state index is 3.46. The molecule has 0 aliphatic heterocycles. The van der Waals surface area contributed by atoms with Crippen molar-refractivity contribution < 1.29 is 0 Å². The predicted octanol–water partition coefficient (Wildman–Crippen LogP) is 7.19. The molecule has 144 valence electrons. The molecule has 30 heavy (non-hydrogen) atoms. The highest BCUT2D eigenvalue weighted by atomic mass is 14.5. The second-order valence-electron chi connectivity index (χ2n) is 9.70. The molecule has 4 aromatic carbocycles. The van der Waals surface area contributed by atoms with Crippen molar-refractivity contribution in [2.75, 3.05) is 0 Å². The van der Waals surface area contributed by atoms with Crippen LogP contribution in [0.4, 0.5) is 0 Å². The number of hydrogen-bond acceptors (Lipinski definition) is 0. The van der Waals surface area contributed by atoms with E-state index >= 15 is 0 Å². The maximum atomic E-state index is 3.46. The van der Waals surface area contributed by atoms with Gasteiger partial charge in [0.1, 0.15) is 0 Å². The molecule has 0 atom stereocenters. The summed E-state index contributed by atoms with van der Waals surface area (Å²) in [5.41, 5.74) is 10.7. The molecule has 0 fully saturated rings. The van der Waals surface area contributed by atoms with Crippen LogP contribution in [0.3, 0.4) is 0 Å². The molecular weight excluding hydrogens is 360 g/mol. The van der Waals surface area contributed by atoms with Crippen LogP contribution in [-0.4, -0.2) is 0 Å². The minimum atomic E-state index is -0.0555. The van der Waals surface area contributed by atoms with Gasteiger partial charge >= 0.3 is 0 Å². The van der Waals surface area contributed by atoms with Gasteiger partial charge in [-0.1, -0.05) is 88.1 Å². The summed E-state index contributed by atoms with van der Waals surface area (Å²) in [7, 11) is 0. The predicted molar refractivity (Wildman–Crippen MR) is 126 cm³/mol. The first-order valence-corrected chi connectivity index (χ1v) is 10.7. The van der Waals surface area contributed by atoms with Crippen LogP contribution in [0.5, 0.6) is 0 Å². The first-order valence-electron chi connectivity index (χ1n) is 10.7. The van der Waals surface area contributed by atoms with Crippen LogP contribution < -0.4 is 0 Å². The smallest absolute Gasteiger partial charge is 0.0255 e. The minimum absolute atomic E-state index is 0.0222. The molecule has 0 heterocycles. The molecule has 0 N–H and O–H groups in total. The molecule has 0 amide bonds. The number of hydrogen-bond donors (Lipinski definition) is 0. The Bertz CT molecular complexity index is 1420. The molecule has 0 spiro atoms. The molecular formula is C30H24. The largest absolute Gasteiger partial charge is 0.0622 e. The van der Waals surface area contributed by atoms with E-state index in [1.807, 2.05) is 18.2 Å². The molecule has 0 nitrogen and oxygen atoms in total. The van der Waals surface area contributed by atoms with Gasteiger partial charge in [-0.05, 0) is 68.4 Å². The first-order chi connectivity index (χ1) is 14.4. The van der Waals surface area contributed by atoms with Gasteiger partial charge in [-0.2, -0.15) is 0 Å². The highest BCUT2D eigenvalue weighted by Gasteiger charge is 2.44. The molecule has 2 aliphatic rings. The van der Waals surface area contributed by atoms with Crippen molar-refractivity contribution in [1.29, 1.82) is 0 Å². The molecule has 0 unspecified atom stereocenters. The van der Waals surface area contributed by atoms with E-state index in [4.69, 9.17) is 0 Å². The lowest BCUT2D eigenvalue weighted by atomic mass is 9.68. The van der Waals surface area contributed by atoms with E-state index in [9.17, 15) is 0 Å². The van der Waals surface area contributed by atoms with E-state index in [1.54, 1.807) is 0 Å². The first kappa shape index (κ1) is 17.5. The van der Waals surface area contributed by atoms with Crippen LogP contribution in [-0.2, 0) is 10.8 Å². The van der Waals surface area contributed by atoms with Crippen LogP contribution >= 0.6 is 0 Å². The fourth-order valence-electron chi connectivity index (χ4n) is 5.61. The summed E-state index contributed by atoms with van der Waals surface area (Å²) in [6, 6.07) is 26.4. The Kier molecular flexibility index (Phi) is 3.30. The molecule has 6 rings (SSSR count). The van der Waals surface area contributed by atoms with Crippen molar-refractivity contribution in [2.45, 2.75) is 38.5 Å². The highest BCUT2D eigenvalue weighted by molar-refractivity contribution is 6.08. The summed E-state index contributed by atoms with van der Waals surface area (Å²) in [4.78, 5) is 0. The van der Waals surface area contributed by atoms with Gasteiger partial charge in [0.05, 0.1) is 0 Å². The third-order valence-electron chi connectivity index (χ3n) is 7.25. The van der Waals surface area contributed by atoms with Gasteiger partial charge in [-0.3, -0.25) is 0 Å². The maximum Gasteiger partial charge on any atom is 0.0255 e. The van der Waals surface area contributed by atoms with E-state index in [0.717, 1.165) is 11.1 Å². The Morgan fingerprint density at radius 2 is 1.20 bits per heavy atom. The lowest BCUT2D eigenvalue weighted by molar-refractivity contribution is 0.639. The van der Waals surface area contributed by atoms with Crippen molar-refractivity contribution in [2.24, 2.45) is 0 Å². The van der Waals surface area contributed by atoms with Gasteiger partial charge in [0.2, 0.25) is 0 Å². The molecule has 2 aliphatic carbocycles. The quantitative estimate of drug-likeness (QED) is 0.282. The van der Waals surface area contributed by atoms with Crippen molar-refractivity contribution in [3.8, 4) is 23.0 Å². The average molecular weight is 385 g/mol. The zero-order valence-corrected chi connectivity index (χ0v) is 17.9. The fourth-order valence-corrected chi connectivity index (χ4v) is 5.61. The van der Waals surface area contributed by atoms with Crippen LogP contribution in [0, 0.1) is 11.8 Å². The summed E-state index contributed by atoms with van der Waals surface area (Å²) in [5, 5.41) is 2.80. The van der Waals surface area contributed by atoms with Gasteiger partial charge < -0.3 is 0 Å².